The van der Waals surface area contributed by atoms with Crippen molar-refractivity contribution in [1.29, 1.82) is 0 Å². The van der Waals surface area contributed by atoms with Gasteiger partial charge in [-0.2, -0.15) is 0 Å². The van der Waals surface area contributed by atoms with Crippen LogP contribution in [0.4, 0.5) is 4.39 Å². The van der Waals surface area contributed by atoms with Crippen LogP contribution in [0, 0.1) is 19.7 Å². The van der Waals surface area contributed by atoms with Crippen molar-refractivity contribution in [2.75, 3.05) is 0 Å². The van der Waals surface area contributed by atoms with Gasteiger partial charge in [0.15, 0.2) is 0 Å². The number of carboxylic acid groups (broad SMARTS) is 1. The Kier molecular flexibility index (Phi) is 3.85. The molecule has 3 nitrogen and oxygen atoms in total. The molecule has 0 unspecified atom stereocenters. The third-order valence-corrected chi connectivity index (χ3v) is 3.61. The number of hydrogen-bond acceptors (Lipinski definition) is 3. The summed E-state index contributed by atoms with van der Waals surface area (Å²) in [5, 5.41) is 9.55. The van der Waals surface area contributed by atoms with E-state index in [0.29, 0.717) is 21.2 Å². The lowest BCUT2D eigenvalue weighted by Gasteiger charge is -2.09. The number of aryl methyl sites for hydroxylation is 2. The van der Waals surface area contributed by atoms with Crippen LogP contribution in [0.1, 0.15) is 21.6 Å². The molecule has 1 aromatic carbocycles. The highest BCUT2D eigenvalue weighted by atomic mass is 32.2. The fraction of sp³-hybridized carbons (Fsp3) is 0.143. The molecule has 2 aromatic rings. The molecule has 0 fully saturated rings. The zero-order chi connectivity index (χ0) is 14.0. The normalized spacial score (nSPS) is 10.5. The summed E-state index contributed by atoms with van der Waals surface area (Å²) >= 11 is 1.03. The zero-order valence-corrected chi connectivity index (χ0v) is 11.3. The first kappa shape index (κ1) is 13.5. The monoisotopic (exact) mass is 277 g/mol. The van der Waals surface area contributed by atoms with Crippen molar-refractivity contribution in [2.24, 2.45) is 0 Å². The van der Waals surface area contributed by atoms with Gasteiger partial charge in [0.1, 0.15) is 10.8 Å². The number of nitrogens with zero attached hydrogens (tertiary/aromatic N) is 1. The highest BCUT2D eigenvalue weighted by Gasteiger charge is 2.17. The Hall–Kier alpha value is -1.88. The highest BCUT2D eigenvalue weighted by molar-refractivity contribution is 7.99. The van der Waals surface area contributed by atoms with Crippen molar-refractivity contribution in [2.45, 2.75) is 23.8 Å². The number of halogens is 1. The number of hydrogen-bond donors (Lipinski definition) is 1. The first-order chi connectivity index (χ1) is 8.99. The summed E-state index contributed by atoms with van der Waals surface area (Å²) in [6, 6.07) is 7.94. The Morgan fingerprint density at radius 1 is 1.32 bits per heavy atom. The lowest BCUT2D eigenvalue weighted by molar-refractivity contribution is 0.0691. The second kappa shape index (κ2) is 5.40. The molecule has 0 radical (unpaired) electrons. The molecule has 0 aliphatic rings. The number of rotatable bonds is 3. The summed E-state index contributed by atoms with van der Waals surface area (Å²) in [7, 11) is 0. The second-order valence-electron chi connectivity index (χ2n) is 4.10. The fourth-order valence-corrected chi connectivity index (χ4v) is 2.83. The Morgan fingerprint density at radius 3 is 2.63 bits per heavy atom. The molecule has 98 valence electrons. The Morgan fingerprint density at radius 2 is 2.00 bits per heavy atom. The van der Waals surface area contributed by atoms with E-state index in [4.69, 9.17) is 0 Å². The maximum absolute atomic E-state index is 13.6. The number of carbonyl (C=O) groups is 1. The van der Waals surface area contributed by atoms with Crippen molar-refractivity contribution >= 4 is 17.7 Å². The summed E-state index contributed by atoms with van der Waals surface area (Å²) in [5.74, 6) is -1.44. The van der Waals surface area contributed by atoms with E-state index in [9.17, 15) is 14.3 Å². The minimum atomic E-state index is -1.05. The van der Waals surface area contributed by atoms with Gasteiger partial charge in [-0.15, -0.1) is 0 Å². The third-order valence-electron chi connectivity index (χ3n) is 2.57. The van der Waals surface area contributed by atoms with Gasteiger partial charge in [0, 0.05) is 10.6 Å². The van der Waals surface area contributed by atoms with Gasteiger partial charge in [-0.25, -0.2) is 14.2 Å². The van der Waals surface area contributed by atoms with Crippen LogP contribution in [0.25, 0.3) is 0 Å². The van der Waals surface area contributed by atoms with E-state index in [1.807, 2.05) is 0 Å². The standard InChI is InChI=1S/C14H12FNO2S/c1-8-7-9(2)16-13(12(8)14(17)18)19-11-6-4-3-5-10(11)15/h3-7H,1-2H3,(H,17,18). The molecule has 1 N–H and O–H groups in total. The molecule has 2 rings (SSSR count). The van der Waals surface area contributed by atoms with Crippen LogP contribution in [0.2, 0.25) is 0 Å². The van der Waals surface area contributed by atoms with E-state index >= 15 is 0 Å². The van der Waals surface area contributed by atoms with Gasteiger partial charge in [0.05, 0.1) is 5.56 Å². The molecule has 0 spiro atoms. The fourth-order valence-electron chi connectivity index (χ4n) is 1.77. The van der Waals surface area contributed by atoms with Gasteiger partial charge >= 0.3 is 5.97 Å². The summed E-state index contributed by atoms with van der Waals surface area (Å²) in [5.41, 5.74) is 1.46. The van der Waals surface area contributed by atoms with Crippen molar-refractivity contribution in [3.05, 3.63) is 53.0 Å². The number of aromatic nitrogens is 1. The van der Waals surface area contributed by atoms with Crippen LogP contribution in [0.5, 0.6) is 0 Å². The van der Waals surface area contributed by atoms with Gasteiger partial charge < -0.3 is 5.11 Å². The van der Waals surface area contributed by atoms with Crippen LogP contribution in [-0.2, 0) is 0 Å². The molecular formula is C14H12FNO2S. The molecule has 0 atom stereocenters. The first-order valence-corrected chi connectivity index (χ1v) is 6.44. The highest BCUT2D eigenvalue weighted by Crippen LogP contribution is 2.32. The number of pyridine rings is 1. The molecule has 1 aromatic heterocycles. The van der Waals surface area contributed by atoms with Crippen molar-refractivity contribution in [3.63, 3.8) is 0 Å². The van der Waals surface area contributed by atoms with Gasteiger partial charge in [-0.3, -0.25) is 0 Å². The Labute approximate surface area is 114 Å². The van der Waals surface area contributed by atoms with E-state index in [1.165, 1.54) is 6.07 Å². The molecule has 19 heavy (non-hydrogen) atoms. The number of benzene rings is 1. The Bertz CT molecular complexity index is 643. The van der Waals surface area contributed by atoms with Crippen molar-refractivity contribution in [3.8, 4) is 0 Å². The predicted octanol–water partition coefficient (Wildman–Crippen LogP) is 3.69. The molecule has 0 saturated carbocycles. The maximum atomic E-state index is 13.6. The van der Waals surface area contributed by atoms with Crippen LogP contribution in [0.3, 0.4) is 0 Å². The molecular weight excluding hydrogens is 265 g/mol. The molecule has 1 heterocycles. The van der Waals surface area contributed by atoms with Gasteiger partial charge in [0.25, 0.3) is 0 Å². The molecule has 0 saturated heterocycles. The SMILES string of the molecule is Cc1cc(C)c(C(=O)O)c(Sc2ccccc2F)n1. The van der Waals surface area contributed by atoms with E-state index in [2.05, 4.69) is 4.98 Å². The second-order valence-corrected chi connectivity index (χ2v) is 5.13. The van der Waals surface area contributed by atoms with E-state index < -0.39 is 5.97 Å². The van der Waals surface area contributed by atoms with E-state index in [0.717, 1.165) is 11.8 Å². The predicted molar refractivity (Wildman–Crippen MR) is 71.2 cm³/mol. The molecule has 0 bridgehead atoms. The average Bonchev–Trinajstić information content (AvgIpc) is 2.30. The minimum absolute atomic E-state index is 0.124. The summed E-state index contributed by atoms with van der Waals surface area (Å²) in [6.45, 7) is 3.49. The summed E-state index contributed by atoms with van der Waals surface area (Å²) in [6.07, 6.45) is 0. The van der Waals surface area contributed by atoms with Crippen LogP contribution in [0.15, 0.2) is 40.3 Å². The Balaban J connectivity index is 2.51. The topological polar surface area (TPSA) is 50.2 Å². The molecule has 0 amide bonds. The van der Waals surface area contributed by atoms with Crippen LogP contribution in [-0.4, -0.2) is 16.1 Å². The number of carboxylic acids is 1. The quantitative estimate of drug-likeness (QED) is 0.929. The minimum Gasteiger partial charge on any atom is -0.478 e. The zero-order valence-electron chi connectivity index (χ0n) is 10.5. The average molecular weight is 277 g/mol. The van der Waals surface area contributed by atoms with E-state index in [-0.39, 0.29) is 11.4 Å². The van der Waals surface area contributed by atoms with Gasteiger partial charge in [-0.1, -0.05) is 23.9 Å². The molecule has 0 aliphatic heterocycles. The lowest BCUT2D eigenvalue weighted by atomic mass is 10.1. The van der Waals surface area contributed by atoms with Crippen LogP contribution < -0.4 is 0 Å². The molecule has 5 heteroatoms. The third kappa shape index (κ3) is 2.93. The smallest absolute Gasteiger partial charge is 0.338 e. The molecule has 0 aliphatic carbocycles. The largest absolute Gasteiger partial charge is 0.478 e. The van der Waals surface area contributed by atoms with E-state index in [1.54, 1.807) is 38.1 Å². The van der Waals surface area contributed by atoms with Crippen molar-refractivity contribution < 1.29 is 14.3 Å². The van der Waals surface area contributed by atoms with Crippen LogP contribution >= 0.6 is 11.8 Å². The maximum Gasteiger partial charge on any atom is 0.338 e. The lowest BCUT2D eigenvalue weighted by Crippen LogP contribution is -2.05. The van der Waals surface area contributed by atoms with Gasteiger partial charge in [-0.05, 0) is 37.6 Å². The van der Waals surface area contributed by atoms with Gasteiger partial charge in [0.2, 0.25) is 0 Å². The number of aromatic carboxylic acids is 1. The summed E-state index contributed by atoms with van der Waals surface area (Å²) in [4.78, 5) is 15.9. The summed E-state index contributed by atoms with van der Waals surface area (Å²) < 4.78 is 13.6. The first-order valence-electron chi connectivity index (χ1n) is 5.63. The van der Waals surface area contributed by atoms with Crippen molar-refractivity contribution in [1.82, 2.24) is 4.98 Å².